The van der Waals surface area contributed by atoms with Gasteiger partial charge in [0.25, 0.3) is 5.56 Å². The minimum atomic E-state index is -0.296. The summed E-state index contributed by atoms with van der Waals surface area (Å²) in [5.41, 5.74) is 4.07. The van der Waals surface area contributed by atoms with E-state index in [-0.39, 0.29) is 24.1 Å². The first-order valence-electron chi connectivity index (χ1n) is 9.30. The molecule has 3 rings (SSSR count). The van der Waals surface area contributed by atoms with E-state index in [2.05, 4.69) is 35.2 Å². The average Bonchev–Trinajstić information content (AvgIpc) is 2.98. The van der Waals surface area contributed by atoms with Gasteiger partial charge in [-0.2, -0.15) is 5.10 Å². The fraction of sp³-hybridized carbons (Fsp3) is 0.450. The molecule has 1 aliphatic heterocycles. The van der Waals surface area contributed by atoms with Crippen molar-refractivity contribution in [3.05, 3.63) is 51.4 Å². The van der Waals surface area contributed by atoms with Crippen LogP contribution in [0.5, 0.6) is 0 Å². The number of carbonyl (C=O) groups excluding carboxylic acids is 1. The van der Waals surface area contributed by atoms with Crippen molar-refractivity contribution in [2.75, 3.05) is 23.3 Å². The highest BCUT2D eigenvalue weighted by molar-refractivity contribution is 5.91. The van der Waals surface area contributed by atoms with Gasteiger partial charge in [0.1, 0.15) is 6.54 Å². The summed E-state index contributed by atoms with van der Waals surface area (Å²) in [5, 5.41) is 7.19. The Hall–Kier alpha value is -2.67. The van der Waals surface area contributed by atoms with Gasteiger partial charge in [-0.3, -0.25) is 9.59 Å². The normalized spacial score (nSPS) is 15.5. The van der Waals surface area contributed by atoms with Crippen molar-refractivity contribution >= 4 is 17.3 Å². The number of benzene rings is 1. The number of hydrogen-bond donors (Lipinski definition) is 1. The number of fused-ring (bicyclic) bond motifs is 1. The average molecular weight is 370 g/mol. The van der Waals surface area contributed by atoms with E-state index in [9.17, 15) is 9.59 Å². The Kier molecular flexibility index (Phi) is 5.60. The zero-order chi connectivity index (χ0) is 19.6. The number of hydrogen-bond acceptors (Lipinski definition) is 5. The molecular weight excluding hydrogens is 344 g/mol. The lowest BCUT2D eigenvalue weighted by Crippen LogP contribution is -2.30. The molecule has 1 aliphatic rings. The zero-order valence-corrected chi connectivity index (χ0v) is 16.3. The molecule has 1 aromatic heterocycles. The summed E-state index contributed by atoms with van der Waals surface area (Å²) in [7, 11) is 0. The molecule has 0 fully saturated rings. The van der Waals surface area contributed by atoms with Gasteiger partial charge in [0.2, 0.25) is 5.91 Å². The fourth-order valence-electron chi connectivity index (χ4n) is 3.31. The molecule has 0 saturated heterocycles. The van der Waals surface area contributed by atoms with Crippen molar-refractivity contribution in [1.29, 1.82) is 0 Å². The van der Waals surface area contributed by atoms with Crippen LogP contribution in [0.1, 0.15) is 43.7 Å². The SMILES string of the molecule is CCN(CC)c1ccc(NC(=O)Cn2nc3c(cc2=O)CO[C@@H]3C)c(C)c1. The van der Waals surface area contributed by atoms with E-state index in [1.165, 1.54) is 10.7 Å². The van der Waals surface area contributed by atoms with E-state index >= 15 is 0 Å². The molecule has 0 spiro atoms. The van der Waals surface area contributed by atoms with E-state index in [4.69, 9.17) is 4.74 Å². The Labute approximate surface area is 158 Å². The minimum absolute atomic E-state index is 0.129. The van der Waals surface area contributed by atoms with Gasteiger partial charge in [-0.25, -0.2) is 4.68 Å². The second kappa shape index (κ2) is 7.92. The van der Waals surface area contributed by atoms with Gasteiger partial charge in [-0.1, -0.05) is 0 Å². The third kappa shape index (κ3) is 4.03. The lowest BCUT2D eigenvalue weighted by atomic mass is 10.1. The Bertz CT molecular complexity index is 903. The molecule has 2 heterocycles. The monoisotopic (exact) mass is 370 g/mol. The first kappa shape index (κ1) is 19.1. The summed E-state index contributed by atoms with van der Waals surface area (Å²) in [6.07, 6.45) is -0.162. The molecular formula is C20H26N4O3. The predicted molar refractivity (Wildman–Crippen MR) is 105 cm³/mol. The van der Waals surface area contributed by atoms with Crippen LogP contribution >= 0.6 is 0 Å². The van der Waals surface area contributed by atoms with Crippen LogP contribution in [0.4, 0.5) is 11.4 Å². The molecule has 1 aromatic carbocycles. The highest BCUT2D eigenvalue weighted by atomic mass is 16.5. The molecule has 0 unspecified atom stereocenters. The minimum Gasteiger partial charge on any atom is -0.372 e. The number of rotatable bonds is 6. The predicted octanol–water partition coefficient (Wildman–Crippen LogP) is 2.63. The van der Waals surface area contributed by atoms with Crippen LogP contribution in [0, 0.1) is 6.92 Å². The number of nitrogens with zero attached hydrogens (tertiary/aromatic N) is 3. The standard InChI is InChI=1S/C20H26N4O3/c1-5-23(6-2)16-7-8-17(13(3)9-16)21-18(25)11-24-19(26)10-15-12-27-14(4)20(15)22-24/h7-10,14H,5-6,11-12H2,1-4H3,(H,21,25)/t14-/m1/s1. The zero-order valence-electron chi connectivity index (χ0n) is 16.3. The van der Waals surface area contributed by atoms with Crippen LogP contribution in [-0.4, -0.2) is 28.8 Å². The molecule has 27 heavy (non-hydrogen) atoms. The summed E-state index contributed by atoms with van der Waals surface area (Å²) < 4.78 is 6.67. The van der Waals surface area contributed by atoms with Gasteiger partial charge in [-0.05, 0) is 51.5 Å². The quantitative estimate of drug-likeness (QED) is 0.846. The van der Waals surface area contributed by atoms with E-state index in [1.54, 1.807) is 0 Å². The van der Waals surface area contributed by atoms with Gasteiger partial charge >= 0.3 is 0 Å². The maximum absolute atomic E-state index is 12.4. The molecule has 7 nitrogen and oxygen atoms in total. The molecule has 1 atom stereocenters. The van der Waals surface area contributed by atoms with Crippen LogP contribution in [0.15, 0.2) is 29.1 Å². The Morgan fingerprint density at radius 1 is 1.33 bits per heavy atom. The number of nitrogens with one attached hydrogen (secondary N) is 1. The summed E-state index contributed by atoms with van der Waals surface area (Å²) >= 11 is 0. The second-order valence-electron chi connectivity index (χ2n) is 6.72. The van der Waals surface area contributed by atoms with Gasteiger partial charge in [-0.15, -0.1) is 0 Å². The highest BCUT2D eigenvalue weighted by Crippen LogP contribution is 2.26. The van der Waals surface area contributed by atoms with Crippen molar-refractivity contribution in [1.82, 2.24) is 9.78 Å². The Morgan fingerprint density at radius 2 is 2.07 bits per heavy atom. The number of anilines is 2. The number of ether oxygens (including phenoxy) is 1. The molecule has 0 radical (unpaired) electrons. The van der Waals surface area contributed by atoms with Crippen molar-refractivity contribution in [3.63, 3.8) is 0 Å². The summed E-state index contributed by atoms with van der Waals surface area (Å²) in [5.74, 6) is -0.283. The van der Waals surface area contributed by atoms with Crippen molar-refractivity contribution in [3.8, 4) is 0 Å². The van der Waals surface area contributed by atoms with Crippen LogP contribution in [0.2, 0.25) is 0 Å². The van der Waals surface area contributed by atoms with E-state index in [0.717, 1.165) is 41.3 Å². The third-order valence-corrected chi connectivity index (χ3v) is 4.89. The molecule has 0 saturated carbocycles. The first-order chi connectivity index (χ1) is 12.9. The van der Waals surface area contributed by atoms with Crippen molar-refractivity contribution in [2.24, 2.45) is 0 Å². The molecule has 1 amide bonds. The number of amides is 1. The largest absolute Gasteiger partial charge is 0.372 e. The molecule has 2 aromatic rings. The van der Waals surface area contributed by atoms with Crippen molar-refractivity contribution in [2.45, 2.75) is 47.0 Å². The number of aryl methyl sites for hydroxylation is 1. The maximum atomic E-state index is 12.4. The molecule has 0 bridgehead atoms. The van der Waals surface area contributed by atoms with Gasteiger partial charge in [0.05, 0.1) is 18.4 Å². The molecule has 0 aliphatic carbocycles. The first-order valence-corrected chi connectivity index (χ1v) is 9.30. The fourth-order valence-corrected chi connectivity index (χ4v) is 3.31. The Balaban J connectivity index is 1.73. The van der Waals surface area contributed by atoms with Crippen LogP contribution in [0.25, 0.3) is 0 Å². The van der Waals surface area contributed by atoms with E-state index in [0.29, 0.717) is 6.61 Å². The van der Waals surface area contributed by atoms with E-state index < -0.39 is 0 Å². The van der Waals surface area contributed by atoms with Gasteiger partial charge < -0.3 is 15.0 Å². The molecule has 144 valence electrons. The van der Waals surface area contributed by atoms with Gasteiger partial charge in [0.15, 0.2) is 0 Å². The topological polar surface area (TPSA) is 76.5 Å². The summed E-state index contributed by atoms with van der Waals surface area (Å²) in [4.78, 5) is 26.9. The Morgan fingerprint density at radius 3 is 2.74 bits per heavy atom. The maximum Gasteiger partial charge on any atom is 0.267 e. The number of aromatic nitrogens is 2. The highest BCUT2D eigenvalue weighted by Gasteiger charge is 2.23. The van der Waals surface area contributed by atoms with Crippen molar-refractivity contribution < 1.29 is 9.53 Å². The lowest BCUT2D eigenvalue weighted by Gasteiger charge is -2.22. The van der Waals surface area contributed by atoms with Crippen LogP contribution in [-0.2, 0) is 22.7 Å². The lowest BCUT2D eigenvalue weighted by molar-refractivity contribution is -0.117. The van der Waals surface area contributed by atoms with E-state index in [1.807, 2.05) is 26.0 Å². The third-order valence-electron chi connectivity index (χ3n) is 4.89. The second-order valence-corrected chi connectivity index (χ2v) is 6.72. The number of carbonyl (C=O) groups is 1. The summed E-state index contributed by atoms with van der Waals surface area (Å²) in [6, 6.07) is 7.45. The van der Waals surface area contributed by atoms with Crippen LogP contribution in [0.3, 0.4) is 0 Å². The van der Waals surface area contributed by atoms with Crippen LogP contribution < -0.4 is 15.8 Å². The molecule has 7 heteroatoms. The van der Waals surface area contributed by atoms with Gasteiger partial charge in [0, 0.05) is 36.1 Å². The smallest absolute Gasteiger partial charge is 0.267 e. The summed E-state index contributed by atoms with van der Waals surface area (Å²) in [6.45, 7) is 10.2. The molecule has 1 N–H and O–H groups in total.